The maximum atomic E-state index is 12.9. The number of likely N-dealkylation sites (tertiary alicyclic amines) is 1. The summed E-state index contributed by atoms with van der Waals surface area (Å²) in [4.78, 5) is 38.6. The van der Waals surface area contributed by atoms with Crippen molar-refractivity contribution >= 4 is 23.2 Å². The average molecular weight is 326 g/mol. The van der Waals surface area contributed by atoms with Gasteiger partial charge in [0.2, 0.25) is 11.8 Å². The highest BCUT2D eigenvalue weighted by Gasteiger charge is 2.47. The highest BCUT2D eigenvalue weighted by atomic mass is 16.2. The van der Waals surface area contributed by atoms with Gasteiger partial charge in [-0.05, 0) is 31.4 Å². The minimum Gasteiger partial charge on any atom is -0.337 e. The highest BCUT2D eigenvalue weighted by molar-refractivity contribution is 6.02. The first-order chi connectivity index (χ1) is 11.6. The molecule has 0 aromatic carbocycles. The molecule has 2 aliphatic rings. The number of nitrogens with one attached hydrogen (secondary N) is 1. The molecule has 7 nitrogen and oxygen atoms in total. The summed E-state index contributed by atoms with van der Waals surface area (Å²) in [5.41, 5.74) is 0.659. The monoisotopic (exact) mass is 326 g/mol. The molecule has 0 aliphatic carbocycles. The molecule has 7 heteroatoms. The van der Waals surface area contributed by atoms with Gasteiger partial charge in [0.25, 0.3) is 5.91 Å². The lowest BCUT2D eigenvalue weighted by Crippen LogP contribution is -2.43. The number of hydrogen-bond donors (Lipinski definition) is 1. The number of pyridine rings is 1. The van der Waals surface area contributed by atoms with Crippen LogP contribution in [0.25, 0.3) is 5.52 Å². The molecule has 0 radical (unpaired) electrons. The summed E-state index contributed by atoms with van der Waals surface area (Å²) < 4.78 is 1.66. The van der Waals surface area contributed by atoms with Crippen molar-refractivity contribution in [2.75, 3.05) is 13.1 Å². The predicted molar refractivity (Wildman–Crippen MR) is 85.1 cm³/mol. The molecule has 1 N–H and O–H groups in total. The third-order valence-corrected chi connectivity index (χ3v) is 5.09. The second kappa shape index (κ2) is 5.43. The Bertz CT molecular complexity index is 843. The van der Waals surface area contributed by atoms with Crippen molar-refractivity contribution in [2.45, 2.75) is 25.7 Å². The molecule has 124 valence electrons. The van der Waals surface area contributed by atoms with Crippen molar-refractivity contribution in [3.8, 4) is 0 Å². The highest BCUT2D eigenvalue weighted by Crippen LogP contribution is 2.38. The number of hydrogen-bond acceptors (Lipinski definition) is 4. The summed E-state index contributed by atoms with van der Waals surface area (Å²) in [6.45, 7) is 0.875. The smallest absolute Gasteiger partial charge is 0.257 e. The van der Waals surface area contributed by atoms with Gasteiger partial charge in [-0.15, -0.1) is 0 Å². The number of imide groups is 1. The van der Waals surface area contributed by atoms with Gasteiger partial charge in [-0.3, -0.25) is 19.7 Å². The van der Waals surface area contributed by atoms with Gasteiger partial charge in [-0.25, -0.2) is 4.52 Å². The fourth-order valence-corrected chi connectivity index (χ4v) is 3.73. The molecule has 1 atom stereocenters. The van der Waals surface area contributed by atoms with Crippen LogP contribution in [0.1, 0.15) is 36.0 Å². The van der Waals surface area contributed by atoms with Crippen LogP contribution < -0.4 is 5.32 Å². The van der Waals surface area contributed by atoms with Crippen molar-refractivity contribution in [3.63, 3.8) is 0 Å². The second-order valence-corrected chi connectivity index (χ2v) is 6.58. The van der Waals surface area contributed by atoms with E-state index < -0.39 is 5.41 Å². The summed E-state index contributed by atoms with van der Waals surface area (Å²) in [5, 5.41) is 6.67. The molecular weight excluding hydrogens is 308 g/mol. The van der Waals surface area contributed by atoms with E-state index in [2.05, 4.69) is 10.4 Å². The van der Waals surface area contributed by atoms with E-state index in [4.69, 9.17) is 0 Å². The van der Waals surface area contributed by atoms with Gasteiger partial charge < -0.3 is 4.90 Å². The van der Waals surface area contributed by atoms with E-state index in [9.17, 15) is 14.4 Å². The summed E-state index contributed by atoms with van der Waals surface area (Å²) >= 11 is 0. The van der Waals surface area contributed by atoms with E-state index in [-0.39, 0.29) is 17.7 Å². The Morgan fingerprint density at radius 2 is 2.12 bits per heavy atom. The molecule has 24 heavy (non-hydrogen) atoms. The van der Waals surface area contributed by atoms with Gasteiger partial charge in [-0.1, -0.05) is 6.07 Å². The fraction of sp³-hybridized carbons (Fsp3) is 0.412. The minimum absolute atomic E-state index is 0.114. The molecule has 4 heterocycles. The standard InChI is InChI=1S/C17H18N4O3/c22-14-5-3-6-17(16(24)19-14)7-9-20(11-17)15(23)12-10-18-21-8-2-1-4-13(12)21/h1-2,4,8,10H,3,5-7,9,11H2,(H,19,22,24). The van der Waals surface area contributed by atoms with Crippen molar-refractivity contribution in [1.29, 1.82) is 0 Å². The minimum atomic E-state index is -0.634. The van der Waals surface area contributed by atoms with E-state index in [0.717, 1.165) is 5.52 Å². The zero-order valence-corrected chi connectivity index (χ0v) is 13.2. The number of aromatic nitrogens is 2. The molecule has 2 saturated heterocycles. The lowest BCUT2D eigenvalue weighted by atomic mass is 9.82. The molecular formula is C17H18N4O3. The topological polar surface area (TPSA) is 83.8 Å². The molecule has 2 aromatic rings. The van der Waals surface area contributed by atoms with Crippen molar-refractivity contribution in [3.05, 3.63) is 36.2 Å². The first-order valence-electron chi connectivity index (χ1n) is 8.15. The van der Waals surface area contributed by atoms with Crippen LogP contribution in [0.3, 0.4) is 0 Å². The molecule has 3 amide bonds. The van der Waals surface area contributed by atoms with Crippen molar-refractivity contribution in [2.24, 2.45) is 5.41 Å². The quantitative estimate of drug-likeness (QED) is 0.792. The summed E-state index contributed by atoms with van der Waals surface area (Å²) in [6, 6.07) is 5.57. The summed E-state index contributed by atoms with van der Waals surface area (Å²) in [5.74, 6) is -0.569. The van der Waals surface area contributed by atoms with Gasteiger partial charge >= 0.3 is 0 Å². The van der Waals surface area contributed by atoms with E-state index >= 15 is 0 Å². The second-order valence-electron chi connectivity index (χ2n) is 6.58. The third-order valence-electron chi connectivity index (χ3n) is 5.09. The van der Waals surface area contributed by atoms with Crippen LogP contribution in [0.5, 0.6) is 0 Å². The van der Waals surface area contributed by atoms with Crippen LogP contribution in [0.4, 0.5) is 0 Å². The Morgan fingerprint density at radius 3 is 3.00 bits per heavy atom. The number of amides is 3. The molecule has 4 rings (SSSR count). The van der Waals surface area contributed by atoms with Crippen LogP contribution in [0.15, 0.2) is 30.6 Å². The number of carbonyl (C=O) groups is 3. The third kappa shape index (κ3) is 2.28. The summed E-state index contributed by atoms with van der Waals surface area (Å²) in [6.07, 6.45) is 5.65. The predicted octanol–water partition coefficient (Wildman–Crippen LogP) is 0.993. The van der Waals surface area contributed by atoms with Gasteiger partial charge in [0.1, 0.15) is 0 Å². The van der Waals surface area contributed by atoms with E-state index in [1.165, 1.54) is 0 Å². The average Bonchev–Trinajstić information content (AvgIpc) is 3.16. The molecule has 2 aromatic heterocycles. The van der Waals surface area contributed by atoms with Gasteiger partial charge in [-0.2, -0.15) is 5.10 Å². The maximum absolute atomic E-state index is 12.9. The first-order valence-corrected chi connectivity index (χ1v) is 8.15. The van der Waals surface area contributed by atoms with Crippen LogP contribution in [-0.2, 0) is 9.59 Å². The first kappa shape index (κ1) is 14.9. The lowest BCUT2D eigenvalue weighted by Gasteiger charge is -2.25. The Kier molecular flexibility index (Phi) is 3.37. The Balaban J connectivity index is 1.59. The van der Waals surface area contributed by atoms with Crippen LogP contribution in [-0.4, -0.2) is 45.3 Å². The lowest BCUT2D eigenvalue weighted by molar-refractivity contribution is -0.135. The number of rotatable bonds is 1. The Morgan fingerprint density at radius 1 is 1.25 bits per heavy atom. The Labute approximate surface area is 138 Å². The zero-order chi connectivity index (χ0) is 16.7. The van der Waals surface area contributed by atoms with Gasteiger partial charge in [0, 0.05) is 25.7 Å². The van der Waals surface area contributed by atoms with Crippen molar-refractivity contribution in [1.82, 2.24) is 19.8 Å². The number of nitrogens with zero attached hydrogens (tertiary/aromatic N) is 3. The van der Waals surface area contributed by atoms with E-state index in [0.29, 0.717) is 44.3 Å². The molecule has 0 bridgehead atoms. The maximum Gasteiger partial charge on any atom is 0.257 e. The van der Waals surface area contributed by atoms with Crippen molar-refractivity contribution < 1.29 is 14.4 Å². The normalized spacial score (nSPS) is 24.4. The number of carbonyl (C=O) groups excluding carboxylic acids is 3. The molecule has 0 saturated carbocycles. The molecule has 2 fully saturated rings. The van der Waals surface area contributed by atoms with Crippen LogP contribution >= 0.6 is 0 Å². The summed E-state index contributed by atoms with van der Waals surface area (Å²) in [7, 11) is 0. The van der Waals surface area contributed by atoms with Crippen LogP contribution in [0, 0.1) is 5.41 Å². The number of fused-ring (bicyclic) bond motifs is 1. The molecule has 1 unspecified atom stereocenters. The molecule has 2 aliphatic heterocycles. The fourth-order valence-electron chi connectivity index (χ4n) is 3.73. The molecule has 1 spiro atoms. The zero-order valence-electron chi connectivity index (χ0n) is 13.2. The largest absolute Gasteiger partial charge is 0.337 e. The Hall–Kier alpha value is -2.70. The SMILES string of the molecule is O=C1CCCC2(CCN(C(=O)c3cnn4ccccc34)C2)C(=O)N1. The van der Waals surface area contributed by atoms with Crippen LogP contribution in [0.2, 0.25) is 0 Å². The van der Waals surface area contributed by atoms with E-state index in [1.54, 1.807) is 21.8 Å². The van der Waals surface area contributed by atoms with E-state index in [1.807, 2.05) is 18.2 Å². The van der Waals surface area contributed by atoms with Gasteiger partial charge in [0.15, 0.2) is 0 Å². The van der Waals surface area contributed by atoms with Gasteiger partial charge in [0.05, 0.1) is 22.7 Å².